The second-order valence-corrected chi connectivity index (χ2v) is 7.67. The highest BCUT2D eigenvalue weighted by molar-refractivity contribution is 5.97. The smallest absolute Gasteiger partial charge is 0.254 e. The van der Waals surface area contributed by atoms with Crippen LogP contribution >= 0.6 is 0 Å². The van der Waals surface area contributed by atoms with E-state index >= 15 is 0 Å². The van der Waals surface area contributed by atoms with Crippen LogP contribution in [-0.2, 0) is 17.9 Å². The van der Waals surface area contributed by atoms with E-state index in [2.05, 4.69) is 41.5 Å². The van der Waals surface area contributed by atoms with Crippen LogP contribution in [0.5, 0.6) is 0 Å². The Morgan fingerprint density at radius 2 is 1.67 bits per heavy atom. The summed E-state index contributed by atoms with van der Waals surface area (Å²) in [7, 11) is 0. The number of carbonyl (C=O) groups is 2. The van der Waals surface area contributed by atoms with E-state index in [4.69, 9.17) is 0 Å². The maximum absolute atomic E-state index is 13.9. The highest BCUT2D eigenvalue weighted by Crippen LogP contribution is 2.11. The second-order valence-electron chi connectivity index (χ2n) is 7.67. The van der Waals surface area contributed by atoms with Crippen LogP contribution in [0.2, 0.25) is 0 Å². The van der Waals surface area contributed by atoms with E-state index in [0.29, 0.717) is 6.54 Å². The summed E-state index contributed by atoms with van der Waals surface area (Å²) < 4.78 is 13.9. The zero-order valence-electron chi connectivity index (χ0n) is 18.2. The predicted octanol–water partition coefficient (Wildman–Crippen LogP) is 3.74. The molecule has 1 unspecified atom stereocenters. The summed E-state index contributed by atoms with van der Waals surface area (Å²) in [6.07, 6.45) is 0. The van der Waals surface area contributed by atoms with Crippen molar-refractivity contribution >= 4 is 11.8 Å². The van der Waals surface area contributed by atoms with Gasteiger partial charge in [-0.15, -0.1) is 0 Å². The lowest BCUT2D eigenvalue weighted by molar-refractivity contribution is -0.124. The summed E-state index contributed by atoms with van der Waals surface area (Å²) in [5, 5.41) is 5.56. The van der Waals surface area contributed by atoms with Crippen LogP contribution < -0.4 is 10.6 Å². The van der Waals surface area contributed by atoms with Crippen molar-refractivity contribution in [2.24, 2.45) is 5.92 Å². The molecule has 0 aliphatic carbocycles. The lowest BCUT2D eigenvalue weighted by Gasteiger charge is -2.22. The molecule has 0 bridgehead atoms. The Bertz CT molecular complexity index is 850. The molecule has 0 aliphatic heterocycles. The van der Waals surface area contributed by atoms with Gasteiger partial charge in [0.05, 0.1) is 5.56 Å². The van der Waals surface area contributed by atoms with Crippen molar-refractivity contribution in [3.05, 3.63) is 71.0 Å². The van der Waals surface area contributed by atoms with Gasteiger partial charge in [0.25, 0.3) is 5.91 Å². The minimum atomic E-state index is -0.754. The molecule has 2 amide bonds. The van der Waals surface area contributed by atoms with E-state index in [1.54, 1.807) is 6.07 Å². The fourth-order valence-corrected chi connectivity index (χ4v) is 3.24. The zero-order chi connectivity index (χ0) is 22.1. The number of benzene rings is 2. The molecule has 0 saturated heterocycles. The molecule has 2 aromatic carbocycles. The molecule has 6 heteroatoms. The molecule has 0 saturated carbocycles. The molecule has 162 valence electrons. The average molecular weight is 414 g/mol. The third kappa shape index (κ3) is 6.66. The van der Waals surface area contributed by atoms with Gasteiger partial charge in [0, 0.05) is 13.1 Å². The molecule has 0 aromatic heterocycles. The Kier molecular flexibility index (Phi) is 8.99. The minimum Gasteiger partial charge on any atom is -0.350 e. The summed E-state index contributed by atoms with van der Waals surface area (Å²) in [6, 6.07) is 13.1. The lowest BCUT2D eigenvalue weighted by atomic mass is 10.0. The van der Waals surface area contributed by atoms with E-state index in [1.165, 1.54) is 23.8 Å². The maximum Gasteiger partial charge on any atom is 0.254 e. The summed E-state index contributed by atoms with van der Waals surface area (Å²) in [6.45, 7) is 11.1. The monoisotopic (exact) mass is 413 g/mol. The second kappa shape index (κ2) is 11.5. The Labute approximate surface area is 178 Å². The number of nitrogens with zero attached hydrogens (tertiary/aromatic N) is 1. The first-order valence-corrected chi connectivity index (χ1v) is 10.5. The standard InChI is InChI=1S/C24H32FN3O2/c1-5-28(6-2)16-19-11-9-10-18(14-19)15-26-24(30)22(17(3)4)27-23(29)20-12-7-8-13-21(20)25/h7-14,17,22H,5-6,15-16H2,1-4H3,(H,26,30)(H,27,29). The molecule has 2 aromatic rings. The Morgan fingerprint density at radius 1 is 1.00 bits per heavy atom. The third-order valence-electron chi connectivity index (χ3n) is 5.11. The molecule has 30 heavy (non-hydrogen) atoms. The molecule has 0 heterocycles. The number of hydrogen-bond donors (Lipinski definition) is 2. The minimum absolute atomic E-state index is 0.0694. The van der Waals surface area contributed by atoms with Crippen molar-refractivity contribution in [2.45, 2.75) is 46.8 Å². The van der Waals surface area contributed by atoms with Gasteiger partial charge in [-0.05, 0) is 42.3 Å². The third-order valence-corrected chi connectivity index (χ3v) is 5.11. The maximum atomic E-state index is 13.9. The lowest BCUT2D eigenvalue weighted by Crippen LogP contribution is -2.49. The summed E-state index contributed by atoms with van der Waals surface area (Å²) in [5.74, 6) is -1.63. The average Bonchev–Trinajstić information content (AvgIpc) is 2.74. The molecule has 0 fully saturated rings. The van der Waals surface area contributed by atoms with E-state index in [1.807, 2.05) is 26.0 Å². The van der Waals surface area contributed by atoms with Crippen molar-refractivity contribution in [1.82, 2.24) is 15.5 Å². The predicted molar refractivity (Wildman–Crippen MR) is 117 cm³/mol. The Balaban J connectivity index is 2.00. The van der Waals surface area contributed by atoms with Gasteiger partial charge in [0.1, 0.15) is 11.9 Å². The van der Waals surface area contributed by atoms with Crippen LogP contribution in [0, 0.1) is 11.7 Å². The highest BCUT2D eigenvalue weighted by atomic mass is 19.1. The van der Waals surface area contributed by atoms with Crippen molar-refractivity contribution in [2.75, 3.05) is 13.1 Å². The molecule has 0 aliphatic rings. The van der Waals surface area contributed by atoms with Gasteiger partial charge in [-0.2, -0.15) is 0 Å². The normalized spacial score (nSPS) is 12.1. The number of hydrogen-bond acceptors (Lipinski definition) is 3. The first-order chi connectivity index (χ1) is 14.3. The van der Waals surface area contributed by atoms with Crippen LogP contribution in [0.15, 0.2) is 48.5 Å². The van der Waals surface area contributed by atoms with Gasteiger partial charge in [-0.1, -0.05) is 64.1 Å². The van der Waals surface area contributed by atoms with E-state index in [-0.39, 0.29) is 17.4 Å². The Morgan fingerprint density at radius 3 is 2.30 bits per heavy atom. The quantitative estimate of drug-likeness (QED) is 0.624. The fourth-order valence-electron chi connectivity index (χ4n) is 3.24. The molecule has 2 N–H and O–H groups in total. The Hall–Kier alpha value is -2.73. The van der Waals surface area contributed by atoms with E-state index in [0.717, 1.165) is 25.2 Å². The van der Waals surface area contributed by atoms with Gasteiger partial charge in [0.2, 0.25) is 5.91 Å². The molecule has 1 atom stereocenters. The first kappa shape index (κ1) is 23.5. The van der Waals surface area contributed by atoms with Crippen LogP contribution in [0.25, 0.3) is 0 Å². The molecular weight excluding hydrogens is 381 g/mol. The van der Waals surface area contributed by atoms with Crippen molar-refractivity contribution < 1.29 is 14.0 Å². The van der Waals surface area contributed by atoms with Crippen LogP contribution in [0.4, 0.5) is 4.39 Å². The zero-order valence-corrected chi connectivity index (χ0v) is 18.2. The van der Waals surface area contributed by atoms with Gasteiger partial charge in [-0.3, -0.25) is 14.5 Å². The van der Waals surface area contributed by atoms with Crippen LogP contribution in [0.3, 0.4) is 0 Å². The number of carbonyl (C=O) groups excluding carboxylic acids is 2. The van der Waals surface area contributed by atoms with Gasteiger partial charge < -0.3 is 10.6 Å². The first-order valence-electron chi connectivity index (χ1n) is 10.5. The number of amides is 2. The molecule has 0 spiro atoms. The van der Waals surface area contributed by atoms with Crippen molar-refractivity contribution in [1.29, 1.82) is 0 Å². The summed E-state index contributed by atoms with van der Waals surface area (Å²) in [5.41, 5.74) is 2.12. The molecule has 0 radical (unpaired) electrons. The topological polar surface area (TPSA) is 61.4 Å². The summed E-state index contributed by atoms with van der Waals surface area (Å²) >= 11 is 0. The van der Waals surface area contributed by atoms with Crippen LogP contribution in [-0.4, -0.2) is 35.8 Å². The highest BCUT2D eigenvalue weighted by Gasteiger charge is 2.25. The number of halogens is 1. The van der Waals surface area contributed by atoms with Gasteiger partial charge >= 0.3 is 0 Å². The van der Waals surface area contributed by atoms with Gasteiger partial charge in [0.15, 0.2) is 0 Å². The van der Waals surface area contributed by atoms with Crippen molar-refractivity contribution in [3.63, 3.8) is 0 Å². The van der Waals surface area contributed by atoms with Crippen LogP contribution in [0.1, 0.15) is 49.2 Å². The van der Waals surface area contributed by atoms with E-state index < -0.39 is 17.8 Å². The SMILES string of the molecule is CCN(CC)Cc1cccc(CNC(=O)C(NC(=O)c2ccccc2F)C(C)C)c1. The molecular formula is C24H32FN3O2. The molecule has 5 nitrogen and oxygen atoms in total. The number of rotatable bonds is 10. The fraction of sp³-hybridized carbons (Fsp3) is 0.417. The van der Waals surface area contributed by atoms with E-state index in [9.17, 15) is 14.0 Å². The molecule has 2 rings (SSSR count). The number of nitrogens with one attached hydrogen (secondary N) is 2. The van der Waals surface area contributed by atoms with Crippen molar-refractivity contribution in [3.8, 4) is 0 Å². The van der Waals surface area contributed by atoms with Gasteiger partial charge in [-0.25, -0.2) is 4.39 Å². The summed E-state index contributed by atoms with van der Waals surface area (Å²) in [4.78, 5) is 27.5. The largest absolute Gasteiger partial charge is 0.350 e.